The van der Waals surface area contributed by atoms with Crippen LogP contribution >= 0.6 is 0 Å². The smallest absolute Gasteiger partial charge is 0.254 e. The average Bonchev–Trinajstić information content (AvgIpc) is 3.09. The SMILES string of the molecule is NCC1CN(C(=O)c2ccc(-n3cnnn3)cc2)CCO1. The van der Waals surface area contributed by atoms with Crippen molar-refractivity contribution in [2.75, 3.05) is 26.2 Å². The first-order chi connectivity index (χ1) is 10.3. The highest BCUT2D eigenvalue weighted by Gasteiger charge is 2.24. The van der Waals surface area contributed by atoms with E-state index >= 15 is 0 Å². The second-order valence-corrected chi connectivity index (χ2v) is 4.78. The standard InChI is InChI=1S/C13H16N6O2/c14-7-12-8-18(5-6-21-12)13(20)10-1-3-11(4-2-10)19-9-15-16-17-19/h1-4,9,12H,5-8,14H2. The number of hydrogen-bond acceptors (Lipinski definition) is 6. The van der Waals surface area contributed by atoms with Crippen molar-refractivity contribution in [1.29, 1.82) is 0 Å². The van der Waals surface area contributed by atoms with Crippen molar-refractivity contribution in [2.24, 2.45) is 5.73 Å². The second kappa shape index (κ2) is 5.98. The molecule has 0 radical (unpaired) electrons. The number of ether oxygens (including phenoxy) is 1. The number of hydrogen-bond donors (Lipinski definition) is 1. The first-order valence-electron chi connectivity index (χ1n) is 6.72. The molecule has 2 N–H and O–H groups in total. The molecule has 0 spiro atoms. The molecule has 1 unspecified atom stereocenters. The molecule has 0 aliphatic carbocycles. The molecule has 21 heavy (non-hydrogen) atoms. The van der Waals surface area contributed by atoms with Crippen LogP contribution in [0.4, 0.5) is 0 Å². The predicted molar refractivity (Wildman–Crippen MR) is 73.9 cm³/mol. The summed E-state index contributed by atoms with van der Waals surface area (Å²) in [7, 11) is 0. The number of nitrogens with two attached hydrogens (primary N) is 1. The molecule has 1 aliphatic rings. The van der Waals surface area contributed by atoms with Gasteiger partial charge in [0.15, 0.2) is 0 Å². The van der Waals surface area contributed by atoms with Gasteiger partial charge in [0.25, 0.3) is 5.91 Å². The summed E-state index contributed by atoms with van der Waals surface area (Å²) in [5.74, 6) is -0.0139. The van der Waals surface area contributed by atoms with Gasteiger partial charge in [-0.05, 0) is 34.7 Å². The quantitative estimate of drug-likeness (QED) is 0.814. The number of nitrogens with zero attached hydrogens (tertiary/aromatic N) is 5. The largest absolute Gasteiger partial charge is 0.373 e. The molecule has 8 nitrogen and oxygen atoms in total. The number of aromatic nitrogens is 4. The first-order valence-corrected chi connectivity index (χ1v) is 6.72. The van der Waals surface area contributed by atoms with E-state index in [4.69, 9.17) is 10.5 Å². The van der Waals surface area contributed by atoms with Crippen molar-refractivity contribution in [1.82, 2.24) is 25.1 Å². The zero-order valence-electron chi connectivity index (χ0n) is 11.4. The van der Waals surface area contributed by atoms with Crippen LogP contribution in [0.2, 0.25) is 0 Å². The third-order valence-electron chi connectivity index (χ3n) is 3.42. The highest BCUT2D eigenvalue weighted by Crippen LogP contribution is 2.13. The van der Waals surface area contributed by atoms with Crippen LogP contribution in [0.15, 0.2) is 30.6 Å². The number of morpholine rings is 1. The zero-order chi connectivity index (χ0) is 14.7. The van der Waals surface area contributed by atoms with Gasteiger partial charge in [0.2, 0.25) is 0 Å². The Kier molecular flexibility index (Phi) is 3.89. The summed E-state index contributed by atoms with van der Waals surface area (Å²) in [6.07, 6.45) is 1.42. The van der Waals surface area contributed by atoms with Crippen molar-refractivity contribution in [3.05, 3.63) is 36.2 Å². The van der Waals surface area contributed by atoms with E-state index in [9.17, 15) is 4.79 Å². The first kappa shape index (κ1) is 13.7. The third-order valence-corrected chi connectivity index (χ3v) is 3.42. The Morgan fingerprint density at radius 2 is 2.19 bits per heavy atom. The Bertz CT molecular complexity index is 598. The summed E-state index contributed by atoms with van der Waals surface area (Å²) in [5.41, 5.74) is 7.03. The lowest BCUT2D eigenvalue weighted by atomic mass is 10.1. The molecule has 8 heteroatoms. The van der Waals surface area contributed by atoms with E-state index in [0.29, 0.717) is 31.8 Å². The molecule has 1 aromatic carbocycles. The average molecular weight is 288 g/mol. The number of amides is 1. The molecule has 0 saturated carbocycles. The Labute approximate surface area is 121 Å². The summed E-state index contributed by atoms with van der Waals surface area (Å²) < 4.78 is 7.00. The fourth-order valence-corrected chi connectivity index (χ4v) is 2.27. The third kappa shape index (κ3) is 2.91. The Balaban J connectivity index is 1.73. The van der Waals surface area contributed by atoms with E-state index in [1.165, 1.54) is 11.0 Å². The molecule has 1 saturated heterocycles. The molecule has 2 aromatic rings. The normalized spacial score (nSPS) is 18.7. The van der Waals surface area contributed by atoms with Gasteiger partial charge in [0.05, 0.1) is 18.4 Å². The monoisotopic (exact) mass is 288 g/mol. The van der Waals surface area contributed by atoms with Gasteiger partial charge >= 0.3 is 0 Å². The summed E-state index contributed by atoms with van der Waals surface area (Å²) in [4.78, 5) is 14.2. The van der Waals surface area contributed by atoms with Gasteiger partial charge in [-0.15, -0.1) is 5.10 Å². The molecule has 1 aromatic heterocycles. The van der Waals surface area contributed by atoms with Gasteiger partial charge < -0.3 is 15.4 Å². The lowest BCUT2D eigenvalue weighted by Crippen LogP contribution is -2.48. The molecule has 0 bridgehead atoms. The zero-order valence-corrected chi connectivity index (χ0v) is 11.4. The minimum Gasteiger partial charge on any atom is -0.373 e. The fourth-order valence-electron chi connectivity index (χ4n) is 2.27. The van der Waals surface area contributed by atoms with Crippen LogP contribution in [0.3, 0.4) is 0 Å². The van der Waals surface area contributed by atoms with Gasteiger partial charge in [0, 0.05) is 25.2 Å². The number of tetrazole rings is 1. The van der Waals surface area contributed by atoms with E-state index in [-0.39, 0.29) is 12.0 Å². The van der Waals surface area contributed by atoms with Gasteiger partial charge in [-0.25, -0.2) is 4.68 Å². The maximum atomic E-state index is 12.4. The van der Waals surface area contributed by atoms with Crippen molar-refractivity contribution >= 4 is 5.91 Å². The van der Waals surface area contributed by atoms with Crippen LogP contribution in [-0.2, 0) is 4.74 Å². The molecular formula is C13H16N6O2. The summed E-state index contributed by atoms with van der Waals surface area (Å²) in [6.45, 7) is 2.06. The predicted octanol–water partition coefficient (Wildman–Crippen LogP) is -0.538. The van der Waals surface area contributed by atoms with Crippen LogP contribution in [0, 0.1) is 0 Å². The number of benzene rings is 1. The Hall–Kier alpha value is -2.32. The maximum absolute atomic E-state index is 12.4. The van der Waals surface area contributed by atoms with E-state index < -0.39 is 0 Å². The minimum atomic E-state index is -0.0804. The van der Waals surface area contributed by atoms with E-state index in [0.717, 1.165) is 5.69 Å². The Morgan fingerprint density at radius 3 is 2.86 bits per heavy atom. The van der Waals surface area contributed by atoms with Crippen LogP contribution in [0.5, 0.6) is 0 Å². The second-order valence-electron chi connectivity index (χ2n) is 4.78. The van der Waals surface area contributed by atoms with E-state index in [1.54, 1.807) is 17.0 Å². The number of carbonyl (C=O) groups excluding carboxylic acids is 1. The van der Waals surface area contributed by atoms with Crippen molar-refractivity contribution in [2.45, 2.75) is 6.10 Å². The molecule has 1 atom stereocenters. The molecule has 1 aliphatic heterocycles. The lowest BCUT2D eigenvalue weighted by Gasteiger charge is -2.32. The van der Waals surface area contributed by atoms with Crippen molar-refractivity contribution in [3.63, 3.8) is 0 Å². The summed E-state index contributed by atoms with van der Waals surface area (Å²) in [5, 5.41) is 11.0. The van der Waals surface area contributed by atoms with Crippen LogP contribution in [-0.4, -0.2) is 63.4 Å². The fraction of sp³-hybridized carbons (Fsp3) is 0.385. The summed E-state index contributed by atoms with van der Waals surface area (Å²) >= 11 is 0. The van der Waals surface area contributed by atoms with Crippen LogP contribution in [0.1, 0.15) is 10.4 Å². The van der Waals surface area contributed by atoms with Gasteiger partial charge in [-0.1, -0.05) is 0 Å². The van der Waals surface area contributed by atoms with E-state index in [1.807, 2.05) is 12.1 Å². The molecule has 2 heterocycles. The van der Waals surface area contributed by atoms with Crippen LogP contribution < -0.4 is 5.73 Å². The highest BCUT2D eigenvalue weighted by molar-refractivity contribution is 5.94. The molecule has 1 fully saturated rings. The summed E-state index contributed by atoms with van der Waals surface area (Å²) in [6, 6.07) is 7.16. The topological polar surface area (TPSA) is 99.2 Å². The molecule has 3 rings (SSSR count). The van der Waals surface area contributed by atoms with Gasteiger partial charge in [-0.3, -0.25) is 4.79 Å². The maximum Gasteiger partial charge on any atom is 0.254 e. The lowest BCUT2D eigenvalue weighted by molar-refractivity contribution is -0.0167. The van der Waals surface area contributed by atoms with Crippen LogP contribution in [0.25, 0.3) is 5.69 Å². The molecule has 110 valence electrons. The Morgan fingerprint density at radius 1 is 1.38 bits per heavy atom. The minimum absolute atomic E-state index is 0.0139. The van der Waals surface area contributed by atoms with Crippen molar-refractivity contribution in [3.8, 4) is 5.69 Å². The van der Waals surface area contributed by atoms with E-state index in [2.05, 4.69) is 15.5 Å². The molecular weight excluding hydrogens is 272 g/mol. The van der Waals surface area contributed by atoms with Gasteiger partial charge in [0.1, 0.15) is 6.33 Å². The highest BCUT2D eigenvalue weighted by atomic mass is 16.5. The number of carbonyl (C=O) groups is 1. The van der Waals surface area contributed by atoms with Gasteiger partial charge in [-0.2, -0.15) is 0 Å². The number of rotatable bonds is 3. The molecule has 1 amide bonds. The van der Waals surface area contributed by atoms with Crippen molar-refractivity contribution < 1.29 is 9.53 Å².